The first-order valence-corrected chi connectivity index (χ1v) is 18.4. The molecule has 0 amide bonds. The molecule has 0 bridgehead atoms. The molecule has 1 heterocycles. The van der Waals surface area contributed by atoms with E-state index in [1.54, 1.807) is 6.55 Å². The Bertz CT molecular complexity index is 344. The molecule has 132 valence electrons. The van der Waals surface area contributed by atoms with Crippen LogP contribution in [0.25, 0.3) is 0 Å². The molecule has 0 radical (unpaired) electrons. The summed E-state index contributed by atoms with van der Waals surface area (Å²) in [4.78, 5) is 10.7. The Labute approximate surface area is 140 Å². The Hall–Kier alpha value is 0.668. The van der Waals surface area contributed by atoms with Crippen molar-refractivity contribution in [1.82, 2.24) is 0 Å². The lowest BCUT2D eigenvalue weighted by molar-refractivity contribution is 0.169. The lowest BCUT2D eigenvalue weighted by Crippen LogP contribution is -2.67. The molecule has 1 rings (SSSR count). The summed E-state index contributed by atoms with van der Waals surface area (Å²) in [7, 11) is -10.5. The smallest absolute Gasteiger partial charge is 0.416 e. The summed E-state index contributed by atoms with van der Waals surface area (Å²) in [5.74, 6) is 0. The van der Waals surface area contributed by atoms with Crippen LogP contribution in [0.3, 0.4) is 0 Å². The third kappa shape index (κ3) is 5.95. The van der Waals surface area contributed by atoms with E-state index in [-0.39, 0.29) is 0 Å². The van der Waals surface area contributed by atoms with Crippen LogP contribution < -0.4 is 0 Å². The van der Waals surface area contributed by atoms with Gasteiger partial charge in [-0.25, -0.2) is 0 Å². The van der Waals surface area contributed by atoms with Crippen molar-refractivity contribution in [3.05, 3.63) is 0 Å². The van der Waals surface area contributed by atoms with Crippen LogP contribution in [0.4, 0.5) is 0 Å². The summed E-state index contributed by atoms with van der Waals surface area (Å²) in [6.45, 7) is 14.4. The van der Waals surface area contributed by atoms with Gasteiger partial charge in [0.05, 0.1) is 0 Å². The van der Waals surface area contributed by atoms with Crippen LogP contribution in [-0.4, -0.2) is 39.3 Å². The molecular formula is C13H34O5Si4. The van der Waals surface area contributed by atoms with Crippen molar-refractivity contribution < 1.29 is 21.3 Å². The fraction of sp³-hybridized carbons (Fsp3) is 1.00. The first kappa shape index (κ1) is 20.7. The minimum absolute atomic E-state index is 0.862. The van der Waals surface area contributed by atoms with Crippen molar-refractivity contribution in [2.75, 3.05) is 0 Å². The molecule has 1 aliphatic heterocycles. The first-order chi connectivity index (χ1) is 10.0. The molecule has 5 nitrogen and oxygen atoms in total. The highest BCUT2D eigenvalue weighted by atomic mass is 28.5. The Morgan fingerprint density at radius 2 is 0.864 bits per heavy atom. The standard InChI is InChI=1S/C13H34O5Si4/c1-8-11-19(4)15-20(5,12-9-2)17-22(7,14)18-21(6,16-19)13-10-3/h14H,8-13H2,1-7H3. The highest BCUT2D eigenvalue weighted by Gasteiger charge is 2.56. The molecule has 1 fully saturated rings. The van der Waals surface area contributed by atoms with E-state index >= 15 is 0 Å². The van der Waals surface area contributed by atoms with E-state index in [4.69, 9.17) is 16.5 Å². The Kier molecular flexibility index (Phi) is 7.25. The third-order valence-corrected chi connectivity index (χ3v) is 21.4. The van der Waals surface area contributed by atoms with Gasteiger partial charge in [-0.1, -0.05) is 40.0 Å². The molecule has 0 aromatic heterocycles. The predicted octanol–water partition coefficient (Wildman–Crippen LogP) is 4.07. The van der Waals surface area contributed by atoms with Crippen LogP contribution in [0.5, 0.6) is 0 Å². The highest BCUT2D eigenvalue weighted by molar-refractivity contribution is 6.92. The highest BCUT2D eigenvalue weighted by Crippen LogP contribution is 2.36. The number of rotatable bonds is 6. The van der Waals surface area contributed by atoms with Gasteiger partial charge in [-0.05, 0) is 37.8 Å². The molecule has 9 heteroatoms. The van der Waals surface area contributed by atoms with E-state index in [1.165, 1.54) is 0 Å². The van der Waals surface area contributed by atoms with Gasteiger partial charge >= 0.3 is 34.5 Å². The van der Waals surface area contributed by atoms with Gasteiger partial charge in [0.25, 0.3) is 0 Å². The molecule has 0 aromatic carbocycles. The van der Waals surface area contributed by atoms with Crippen LogP contribution in [0, 0.1) is 0 Å². The molecule has 22 heavy (non-hydrogen) atoms. The molecule has 0 spiro atoms. The average Bonchev–Trinajstić information content (AvgIpc) is 2.23. The minimum atomic E-state index is -3.21. The normalized spacial score (nSPS) is 43.6. The van der Waals surface area contributed by atoms with Gasteiger partial charge in [0.15, 0.2) is 0 Å². The second-order valence-corrected chi connectivity index (χ2v) is 20.3. The van der Waals surface area contributed by atoms with E-state index < -0.39 is 34.5 Å². The predicted molar refractivity (Wildman–Crippen MR) is 98.3 cm³/mol. The summed E-state index contributed by atoms with van der Waals surface area (Å²) in [5.41, 5.74) is 0. The van der Waals surface area contributed by atoms with Crippen LogP contribution >= 0.6 is 0 Å². The molecular weight excluding hydrogens is 348 g/mol. The van der Waals surface area contributed by atoms with Crippen molar-refractivity contribution in [3.63, 3.8) is 0 Å². The van der Waals surface area contributed by atoms with Crippen LogP contribution in [0.15, 0.2) is 0 Å². The number of hydrogen-bond acceptors (Lipinski definition) is 5. The summed E-state index contributed by atoms with van der Waals surface area (Å²) in [6, 6.07) is 2.67. The minimum Gasteiger partial charge on any atom is -0.416 e. The SMILES string of the molecule is CCC[Si]1(C)O[Si](C)(O)O[Si](C)(CCC)O[Si](C)(CCC)O1. The summed E-state index contributed by atoms with van der Waals surface area (Å²) in [5, 5.41) is 0. The van der Waals surface area contributed by atoms with Gasteiger partial charge in [-0.2, -0.15) is 0 Å². The quantitative estimate of drug-likeness (QED) is 0.702. The molecule has 2 unspecified atom stereocenters. The van der Waals surface area contributed by atoms with Crippen molar-refractivity contribution in [1.29, 1.82) is 0 Å². The van der Waals surface area contributed by atoms with Crippen LogP contribution in [-0.2, 0) is 16.5 Å². The van der Waals surface area contributed by atoms with E-state index in [0.29, 0.717) is 0 Å². The largest absolute Gasteiger partial charge is 0.477 e. The molecule has 1 aliphatic rings. The van der Waals surface area contributed by atoms with Gasteiger partial charge in [-0.15, -0.1) is 0 Å². The molecule has 1 N–H and O–H groups in total. The Morgan fingerprint density at radius 3 is 1.14 bits per heavy atom. The topological polar surface area (TPSA) is 57.2 Å². The maximum Gasteiger partial charge on any atom is 0.477 e. The third-order valence-electron chi connectivity index (χ3n) is 3.79. The Morgan fingerprint density at radius 1 is 0.591 bits per heavy atom. The van der Waals surface area contributed by atoms with Gasteiger partial charge in [0.2, 0.25) is 0 Å². The molecule has 0 aliphatic carbocycles. The molecule has 0 saturated carbocycles. The van der Waals surface area contributed by atoms with Gasteiger partial charge in [-0.3, -0.25) is 0 Å². The van der Waals surface area contributed by atoms with Crippen molar-refractivity contribution >= 4 is 34.5 Å². The monoisotopic (exact) mass is 382 g/mol. The number of hydrogen-bond donors (Lipinski definition) is 1. The summed E-state index contributed by atoms with van der Waals surface area (Å²) in [6.07, 6.45) is 2.99. The first-order valence-electron chi connectivity index (χ1n) is 8.54. The van der Waals surface area contributed by atoms with E-state index in [9.17, 15) is 4.80 Å². The molecule has 0 aromatic rings. The van der Waals surface area contributed by atoms with Crippen LogP contribution in [0.2, 0.25) is 44.3 Å². The van der Waals surface area contributed by atoms with Crippen molar-refractivity contribution in [2.24, 2.45) is 0 Å². The zero-order chi connectivity index (χ0) is 17.1. The van der Waals surface area contributed by atoms with Gasteiger partial charge < -0.3 is 21.3 Å². The zero-order valence-corrected chi connectivity index (χ0v) is 19.3. The van der Waals surface area contributed by atoms with E-state index in [2.05, 4.69) is 40.4 Å². The summed E-state index contributed by atoms with van der Waals surface area (Å²) >= 11 is 0. The van der Waals surface area contributed by atoms with Crippen molar-refractivity contribution in [3.8, 4) is 0 Å². The average molecular weight is 383 g/mol. The maximum atomic E-state index is 10.7. The lowest BCUT2D eigenvalue weighted by atomic mass is 10.6. The maximum absolute atomic E-state index is 10.7. The van der Waals surface area contributed by atoms with Gasteiger partial charge in [0, 0.05) is 6.55 Å². The van der Waals surface area contributed by atoms with Gasteiger partial charge in [0.1, 0.15) is 0 Å². The van der Waals surface area contributed by atoms with E-state index in [0.717, 1.165) is 37.4 Å². The second kappa shape index (κ2) is 7.70. The zero-order valence-electron chi connectivity index (χ0n) is 15.3. The fourth-order valence-electron chi connectivity index (χ4n) is 3.47. The lowest BCUT2D eigenvalue weighted by Gasteiger charge is -2.48. The molecule has 1 saturated heterocycles. The van der Waals surface area contributed by atoms with E-state index in [1.807, 2.05) is 0 Å². The van der Waals surface area contributed by atoms with Crippen molar-refractivity contribution in [2.45, 2.75) is 84.4 Å². The molecule has 2 atom stereocenters. The summed E-state index contributed by atoms with van der Waals surface area (Å²) < 4.78 is 25.5. The fourth-order valence-corrected chi connectivity index (χ4v) is 24.5. The second-order valence-electron chi connectivity index (χ2n) is 6.96. The van der Waals surface area contributed by atoms with Crippen LogP contribution in [0.1, 0.15) is 40.0 Å². The Balaban J connectivity index is 3.15.